The minimum atomic E-state index is -1.14. The number of methoxy groups -OCH3 is 1. The second-order valence-corrected chi connectivity index (χ2v) is 7.11. The minimum Gasteiger partial charge on any atom is -0.497 e. The highest BCUT2D eigenvalue weighted by Gasteiger charge is 2.25. The smallest absolute Gasteiger partial charge is 0.408 e. The number of aromatic nitrogens is 2. The lowest BCUT2D eigenvalue weighted by Gasteiger charge is -2.22. The van der Waals surface area contributed by atoms with E-state index in [4.69, 9.17) is 9.47 Å². The van der Waals surface area contributed by atoms with E-state index in [2.05, 4.69) is 10.4 Å². The number of rotatable bonds is 6. The summed E-state index contributed by atoms with van der Waals surface area (Å²) in [6.45, 7) is 6.99. The average Bonchev–Trinajstić information content (AvgIpc) is 2.93. The van der Waals surface area contributed by atoms with Crippen molar-refractivity contribution in [1.82, 2.24) is 15.1 Å². The Bertz CT molecular complexity index is 806. The number of amides is 1. The number of nitrogens with zero attached hydrogens (tertiary/aromatic N) is 2. The van der Waals surface area contributed by atoms with Crippen LogP contribution in [0.25, 0.3) is 5.69 Å². The predicted octanol–water partition coefficient (Wildman–Crippen LogP) is 2.71. The molecule has 0 aliphatic rings. The van der Waals surface area contributed by atoms with E-state index < -0.39 is 23.7 Å². The fourth-order valence-corrected chi connectivity index (χ4v) is 2.50. The first kappa shape index (κ1) is 20.3. The molecule has 0 saturated heterocycles. The average molecular weight is 375 g/mol. The summed E-state index contributed by atoms with van der Waals surface area (Å²) in [6.07, 6.45) is 0.929. The SMILES string of the molecule is COc1ccc(-n2ncc(CC(NC(=O)OC(C)(C)C)C(=O)O)c2C)cc1. The predicted molar refractivity (Wildman–Crippen MR) is 99.4 cm³/mol. The molecule has 1 atom stereocenters. The van der Waals surface area contributed by atoms with E-state index in [1.807, 2.05) is 31.2 Å². The molecule has 0 aliphatic carbocycles. The summed E-state index contributed by atoms with van der Waals surface area (Å²) in [7, 11) is 1.59. The van der Waals surface area contributed by atoms with Crippen LogP contribution >= 0.6 is 0 Å². The van der Waals surface area contributed by atoms with E-state index in [0.717, 1.165) is 17.1 Å². The van der Waals surface area contributed by atoms with Gasteiger partial charge in [-0.1, -0.05) is 0 Å². The third kappa shape index (κ3) is 5.47. The van der Waals surface area contributed by atoms with E-state index in [9.17, 15) is 14.7 Å². The van der Waals surface area contributed by atoms with Crippen LogP contribution in [-0.4, -0.2) is 45.7 Å². The minimum absolute atomic E-state index is 0.0938. The molecule has 2 N–H and O–H groups in total. The molecule has 0 radical (unpaired) electrons. The summed E-state index contributed by atoms with van der Waals surface area (Å²) in [6, 6.07) is 6.24. The lowest BCUT2D eigenvalue weighted by molar-refractivity contribution is -0.139. The van der Waals surface area contributed by atoms with Crippen molar-refractivity contribution in [1.29, 1.82) is 0 Å². The van der Waals surface area contributed by atoms with Crippen molar-refractivity contribution >= 4 is 12.1 Å². The maximum absolute atomic E-state index is 11.9. The number of carbonyl (C=O) groups excluding carboxylic acids is 1. The molecule has 0 bridgehead atoms. The highest BCUT2D eigenvalue weighted by Crippen LogP contribution is 2.19. The second kappa shape index (κ2) is 8.11. The Kier molecular flexibility index (Phi) is 6.09. The van der Waals surface area contributed by atoms with Crippen LogP contribution < -0.4 is 10.1 Å². The molecule has 8 nitrogen and oxygen atoms in total. The summed E-state index contributed by atoms with van der Waals surface area (Å²) in [5.41, 5.74) is 1.63. The first-order valence-electron chi connectivity index (χ1n) is 8.51. The van der Waals surface area contributed by atoms with Crippen LogP contribution in [0.3, 0.4) is 0 Å². The number of benzene rings is 1. The zero-order valence-corrected chi connectivity index (χ0v) is 16.1. The summed E-state index contributed by atoms with van der Waals surface area (Å²) in [5, 5.41) is 16.2. The normalized spacial score (nSPS) is 12.3. The molecule has 146 valence electrons. The number of ether oxygens (including phenoxy) is 2. The van der Waals surface area contributed by atoms with Crippen LogP contribution in [0.1, 0.15) is 32.0 Å². The zero-order chi connectivity index (χ0) is 20.2. The van der Waals surface area contributed by atoms with Crippen LogP contribution in [0.5, 0.6) is 5.75 Å². The van der Waals surface area contributed by atoms with Gasteiger partial charge in [-0.2, -0.15) is 5.10 Å². The summed E-state index contributed by atoms with van der Waals surface area (Å²) in [4.78, 5) is 23.5. The van der Waals surface area contributed by atoms with Crippen molar-refractivity contribution in [2.24, 2.45) is 0 Å². The second-order valence-electron chi connectivity index (χ2n) is 7.11. The molecule has 1 aromatic heterocycles. The number of carbonyl (C=O) groups is 2. The molecule has 0 spiro atoms. The lowest BCUT2D eigenvalue weighted by Crippen LogP contribution is -2.44. The van der Waals surface area contributed by atoms with Crippen LogP contribution in [0, 0.1) is 6.92 Å². The molecule has 1 amide bonds. The molecule has 2 rings (SSSR count). The number of aliphatic carboxylic acids is 1. The third-order valence-electron chi connectivity index (χ3n) is 3.84. The number of hydrogen-bond acceptors (Lipinski definition) is 5. The van der Waals surface area contributed by atoms with Gasteiger partial charge in [-0.15, -0.1) is 0 Å². The Balaban J connectivity index is 2.15. The van der Waals surface area contributed by atoms with Crippen molar-refractivity contribution in [3.8, 4) is 11.4 Å². The monoisotopic (exact) mass is 375 g/mol. The lowest BCUT2D eigenvalue weighted by atomic mass is 10.1. The highest BCUT2D eigenvalue weighted by atomic mass is 16.6. The first-order valence-corrected chi connectivity index (χ1v) is 8.51. The Labute approximate surface area is 158 Å². The molecule has 0 fully saturated rings. The Morgan fingerprint density at radius 2 is 1.89 bits per heavy atom. The van der Waals surface area contributed by atoms with E-state index in [1.165, 1.54) is 0 Å². The van der Waals surface area contributed by atoms with Crippen molar-refractivity contribution in [2.45, 2.75) is 45.8 Å². The van der Waals surface area contributed by atoms with Crippen LogP contribution in [0.2, 0.25) is 0 Å². The molecule has 1 unspecified atom stereocenters. The molecular formula is C19H25N3O5. The molecule has 8 heteroatoms. The van der Waals surface area contributed by atoms with Gasteiger partial charge in [-0.3, -0.25) is 0 Å². The van der Waals surface area contributed by atoms with E-state index >= 15 is 0 Å². The van der Waals surface area contributed by atoms with Crippen molar-refractivity contribution in [2.75, 3.05) is 7.11 Å². The molecule has 1 heterocycles. The number of carboxylic acids is 1. The van der Waals surface area contributed by atoms with E-state index in [-0.39, 0.29) is 6.42 Å². The van der Waals surface area contributed by atoms with Gasteiger partial charge in [0.2, 0.25) is 0 Å². The Hall–Kier alpha value is -3.03. The number of carboxylic acid groups (broad SMARTS) is 1. The number of nitrogens with one attached hydrogen (secondary N) is 1. The summed E-state index contributed by atoms with van der Waals surface area (Å²) < 4.78 is 12.0. The van der Waals surface area contributed by atoms with Crippen LogP contribution in [0.4, 0.5) is 4.79 Å². The molecule has 1 aromatic carbocycles. The molecule has 2 aromatic rings. The third-order valence-corrected chi connectivity index (χ3v) is 3.84. The van der Waals surface area contributed by atoms with Gasteiger partial charge in [0.15, 0.2) is 0 Å². The summed E-state index contributed by atoms with van der Waals surface area (Å²) >= 11 is 0. The van der Waals surface area contributed by atoms with Gasteiger partial charge >= 0.3 is 12.1 Å². The molecule has 0 aliphatic heterocycles. The summed E-state index contributed by atoms with van der Waals surface area (Å²) in [5.74, 6) is -0.409. The van der Waals surface area contributed by atoms with E-state index in [1.54, 1.807) is 38.8 Å². The quantitative estimate of drug-likeness (QED) is 0.805. The van der Waals surface area contributed by atoms with Gasteiger partial charge in [0, 0.05) is 12.1 Å². The number of alkyl carbamates (subject to hydrolysis) is 1. The van der Waals surface area contributed by atoms with Gasteiger partial charge in [0.1, 0.15) is 17.4 Å². The maximum Gasteiger partial charge on any atom is 0.408 e. The zero-order valence-electron chi connectivity index (χ0n) is 16.1. The Morgan fingerprint density at radius 1 is 1.26 bits per heavy atom. The van der Waals surface area contributed by atoms with Gasteiger partial charge < -0.3 is 19.9 Å². The molecule has 0 saturated carbocycles. The topological polar surface area (TPSA) is 103 Å². The van der Waals surface area contributed by atoms with Gasteiger partial charge in [-0.05, 0) is 57.5 Å². The van der Waals surface area contributed by atoms with Crippen LogP contribution in [-0.2, 0) is 16.0 Å². The highest BCUT2D eigenvalue weighted by molar-refractivity contribution is 5.80. The fraction of sp³-hybridized carbons (Fsp3) is 0.421. The molecular weight excluding hydrogens is 350 g/mol. The van der Waals surface area contributed by atoms with Gasteiger partial charge in [0.25, 0.3) is 0 Å². The van der Waals surface area contributed by atoms with Gasteiger partial charge in [-0.25, -0.2) is 14.3 Å². The van der Waals surface area contributed by atoms with Crippen molar-refractivity contribution < 1.29 is 24.2 Å². The standard InChI is InChI=1S/C19H25N3O5/c1-12-13(10-16(17(23)24)21-18(25)27-19(2,3)4)11-20-22(12)14-6-8-15(26-5)9-7-14/h6-9,11,16H,10H2,1-5H3,(H,21,25)(H,23,24). The molecule has 27 heavy (non-hydrogen) atoms. The van der Waals surface area contributed by atoms with E-state index in [0.29, 0.717) is 5.56 Å². The van der Waals surface area contributed by atoms with Gasteiger partial charge in [0.05, 0.1) is 19.0 Å². The van der Waals surface area contributed by atoms with Crippen molar-refractivity contribution in [3.05, 3.63) is 41.7 Å². The fourth-order valence-electron chi connectivity index (χ4n) is 2.50. The van der Waals surface area contributed by atoms with Crippen molar-refractivity contribution in [3.63, 3.8) is 0 Å². The first-order chi connectivity index (χ1) is 12.6. The largest absolute Gasteiger partial charge is 0.497 e. The number of hydrogen-bond donors (Lipinski definition) is 2. The van der Waals surface area contributed by atoms with Crippen LogP contribution in [0.15, 0.2) is 30.5 Å². The Morgan fingerprint density at radius 3 is 2.41 bits per heavy atom. The maximum atomic E-state index is 11.9.